The van der Waals surface area contributed by atoms with Crippen LogP contribution < -0.4 is 0 Å². The van der Waals surface area contributed by atoms with Crippen LogP contribution in [0.3, 0.4) is 0 Å². The fraction of sp³-hybridized carbons (Fsp3) is 0.147. The number of pyridine rings is 1. The van der Waals surface area contributed by atoms with E-state index >= 15 is 0 Å². The molecule has 6 aromatic rings. The molecule has 2 nitrogen and oxygen atoms in total. The van der Waals surface area contributed by atoms with Gasteiger partial charge in [0.1, 0.15) is 11.2 Å². The van der Waals surface area contributed by atoms with Gasteiger partial charge in [0.2, 0.25) is 0 Å². The molecule has 4 aromatic carbocycles. The van der Waals surface area contributed by atoms with Crippen LogP contribution in [0, 0.1) is 34.3 Å². The number of nitrogens with zero attached hydrogens (tertiary/aromatic N) is 1. The third kappa shape index (κ3) is 3.61. The lowest BCUT2D eigenvalue weighted by molar-refractivity contribution is 0.670. The second-order valence-corrected chi connectivity index (χ2v) is 8.16. The number of fused-ring (bicyclic) bond motifs is 3. The highest BCUT2D eigenvalue weighted by Gasteiger charge is 2.16. The summed E-state index contributed by atoms with van der Waals surface area (Å²) in [5.41, 5.74) is -4.93. The average molecular weight is 489 g/mol. The summed E-state index contributed by atoms with van der Waals surface area (Å²) in [4.78, 5) is 4.27. The summed E-state index contributed by atoms with van der Waals surface area (Å²) in [6, 6.07) is 3.87. The van der Waals surface area contributed by atoms with Crippen molar-refractivity contribution in [2.45, 2.75) is 34.3 Å². The van der Waals surface area contributed by atoms with Crippen LogP contribution >= 0.6 is 0 Å². The maximum absolute atomic E-state index is 8.62. The number of rotatable bonds is 3. The van der Waals surface area contributed by atoms with E-state index in [2.05, 4.69) is 4.98 Å². The number of hydrogen-bond donors (Lipinski definition) is 0. The highest BCUT2D eigenvalue weighted by molar-refractivity contribution is 6.09. The Morgan fingerprint density at radius 3 is 2.17 bits per heavy atom. The molecule has 6 rings (SSSR count). The molecule has 176 valence electrons. The third-order valence-corrected chi connectivity index (χ3v) is 5.93. The number of furan rings is 1. The van der Waals surface area contributed by atoms with Crippen LogP contribution in [0.1, 0.15) is 56.6 Å². The Balaban J connectivity index is 1.74. The molecule has 2 aromatic heterocycles. The van der Waals surface area contributed by atoms with Crippen LogP contribution in [0.15, 0.2) is 89.3 Å². The standard InChI is InChI=1S/C34H29NO/c1-20-13-14-25(21(2)15-20)29-16-23(4)30(17-22(29)3)31-18-32(35-19-24(31)5)28-11-8-10-27-26-9-6-7-12-33(26)36-34(27)28/h6-19H,1-5H3/i1D3,2D3,3D3,4D3,5D3,6D,7D,8D,9D,10D,12D. The lowest BCUT2D eigenvalue weighted by Gasteiger charge is -2.17. The van der Waals surface area contributed by atoms with Gasteiger partial charge in [0.25, 0.3) is 0 Å². The highest BCUT2D eigenvalue weighted by atomic mass is 16.3. The molecular weight excluding hydrogens is 438 g/mol. The van der Waals surface area contributed by atoms with Gasteiger partial charge in [-0.3, -0.25) is 4.98 Å². The predicted octanol–water partition coefficient (Wildman–Crippen LogP) is 9.52. The van der Waals surface area contributed by atoms with Crippen LogP contribution in [0.4, 0.5) is 0 Å². The summed E-state index contributed by atoms with van der Waals surface area (Å²) in [5, 5.41) is -0.365. The quantitative estimate of drug-likeness (QED) is 0.248. The van der Waals surface area contributed by atoms with E-state index in [9.17, 15) is 0 Å². The van der Waals surface area contributed by atoms with Crippen LogP contribution in [0.2, 0.25) is 0 Å². The van der Waals surface area contributed by atoms with Crippen LogP contribution in [-0.2, 0) is 0 Å². The first-order valence-electron chi connectivity index (χ1n) is 21.2. The van der Waals surface area contributed by atoms with Crippen molar-refractivity contribution in [1.82, 2.24) is 4.98 Å². The van der Waals surface area contributed by atoms with E-state index in [4.69, 9.17) is 33.2 Å². The average Bonchev–Trinajstić information content (AvgIpc) is 3.49. The molecule has 0 aliphatic rings. The van der Waals surface area contributed by atoms with Crippen LogP contribution in [-0.4, -0.2) is 4.98 Å². The smallest absolute Gasteiger partial charge is 0.144 e. The molecule has 0 radical (unpaired) electrons. The van der Waals surface area contributed by atoms with Gasteiger partial charge in [0.05, 0.1) is 13.9 Å². The van der Waals surface area contributed by atoms with Crippen molar-refractivity contribution in [2.75, 3.05) is 0 Å². The maximum atomic E-state index is 8.62. The van der Waals surface area contributed by atoms with E-state index in [1.54, 1.807) is 0 Å². The summed E-state index contributed by atoms with van der Waals surface area (Å²) in [6.45, 7) is -15.0. The normalized spacial score (nSPS) is 21.7. The molecule has 0 N–H and O–H groups in total. The number of para-hydroxylation sites is 2. The van der Waals surface area contributed by atoms with E-state index in [1.807, 2.05) is 0 Å². The fourth-order valence-corrected chi connectivity index (χ4v) is 4.22. The number of aromatic nitrogens is 1. The molecule has 0 amide bonds. The monoisotopic (exact) mass is 488 g/mol. The number of benzene rings is 4. The molecule has 0 bridgehead atoms. The Labute approximate surface area is 241 Å². The van der Waals surface area contributed by atoms with Crippen molar-refractivity contribution in [3.63, 3.8) is 0 Å². The van der Waals surface area contributed by atoms with Gasteiger partial charge in [-0.2, -0.15) is 0 Å². The Bertz CT molecular complexity index is 2620. The zero-order valence-corrected chi connectivity index (χ0v) is 18.5. The summed E-state index contributed by atoms with van der Waals surface area (Å²) in [7, 11) is 0. The molecule has 2 heteroatoms. The summed E-state index contributed by atoms with van der Waals surface area (Å²) >= 11 is 0. The minimum atomic E-state index is -3.12. The van der Waals surface area contributed by atoms with Crippen molar-refractivity contribution < 1.29 is 33.2 Å². The summed E-state index contributed by atoms with van der Waals surface area (Å²) in [5.74, 6) is 0. The third-order valence-electron chi connectivity index (χ3n) is 5.93. The van der Waals surface area contributed by atoms with Crippen molar-refractivity contribution >= 4 is 21.9 Å². The molecule has 36 heavy (non-hydrogen) atoms. The van der Waals surface area contributed by atoms with Gasteiger partial charge in [0.15, 0.2) is 0 Å². The molecule has 0 saturated heterocycles. The van der Waals surface area contributed by atoms with E-state index in [0.29, 0.717) is 0 Å². The van der Waals surface area contributed by atoms with Crippen molar-refractivity contribution in [3.8, 4) is 33.5 Å². The minimum Gasteiger partial charge on any atom is -0.455 e. The van der Waals surface area contributed by atoms with Crippen molar-refractivity contribution in [3.05, 3.63) is 113 Å². The first-order chi connectivity index (χ1) is 25.9. The van der Waals surface area contributed by atoms with Crippen LogP contribution in [0.5, 0.6) is 0 Å². The van der Waals surface area contributed by atoms with Gasteiger partial charge in [-0.25, -0.2) is 0 Å². The van der Waals surface area contributed by atoms with E-state index < -0.39 is 98.3 Å². The van der Waals surface area contributed by atoms with E-state index in [1.165, 1.54) is 0 Å². The van der Waals surface area contributed by atoms with Gasteiger partial charge in [-0.05, 0) is 96.9 Å². The SMILES string of the molecule is [2H]c1cc(-c2cc(-c3cc(C([2H])([2H])[2H])c(-c4ccc(C([2H])([2H])[2H])cc4C([2H])([2H])[2H])cc3C([2H])([2H])[2H])c(C([2H])([2H])[2H])cn2)c2oc3c([2H])c([2H])c([2H])c([2H])c3c2c1[2H]. The molecule has 0 saturated carbocycles. The molecule has 0 unspecified atom stereocenters. The van der Waals surface area contributed by atoms with Gasteiger partial charge >= 0.3 is 0 Å². The Morgan fingerprint density at radius 1 is 0.639 bits per heavy atom. The Hall–Kier alpha value is -4.17. The topological polar surface area (TPSA) is 26.0 Å². The maximum Gasteiger partial charge on any atom is 0.144 e. The summed E-state index contributed by atoms with van der Waals surface area (Å²) < 4.78 is 180. The molecule has 0 atom stereocenters. The Kier molecular flexibility index (Phi) is 2.13. The number of hydrogen-bond acceptors (Lipinski definition) is 2. The van der Waals surface area contributed by atoms with Crippen molar-refractivity contribution in [1.29, 1.82) is 0 Å². The first-order valence-corrected chi connectivity index (χ1v) is 10.7. The predicted molar refractivity (Wildman–Crippen MR) is 152 cm³/mol. The minimum absolute atomic E-state index is 0.0860. The summed E-state index contributed by atoms with van der Waals surface area (Å²) in [6.07, 6.45) is 0.895. The van der Waals surface area contributed by atoms with E-state index in [-0.39, 0.29) is 55.4 Å². The van der Waals surface area contributed by atoms with Crippen molar-refractivity contribution in [2.24, 2.45) is 0 Å². The second-order valence-electron chi connectivity index (χ2n) is 8.16. The van der Waals surface area contributed by atoms with Gasteiger partial charge < -0.3 is 4.42 Å². The van der Waals surface area contributed by atoms with E-state index in [0.717, 1.165) is 48.7 Å². The van der Waals surface area contributed by atoms with Crippen LogP contribution in [0.25, 0.3) is 55.4 Å². The molecule has 0 aliphatic carbocycles. The van der Waals surface area contributed by atoms with Gasteiger partial charge in [-0.1, -0.05) is 66.1 Å². The molecular formula is C34H29NO. The zero-order chi connectivity index (χ0) is 42.7. The fourth-order valence-electron chi connectivity index (χ4n) is 4.22. The lowest BCUT2D eigenvalue weighted by atomic mass is 9.88. The second kappa shape index (κ2) is 8.49. The molecule has 2 heterocycles. The molecule has 0 spiro atoms. The Morgan fingerprint density at radius 2 is 1.36 bits per heavy atom. The van der Waals surface area contributed by atoms with Gasteiger partial charge in [-0.15, -0.1) is 0 Å². The molecule has 0 aliphatic heterocycles. The highest BCUT2D eigenvalue weighted by Crippen LogP contribution is 2.38. The first kappa shape index (κ1) is 9.05. The zero-order valence-electron chi connectivity index (χ0n) is 39.5. The number of aryl methyl sites for hydroxylation is 5. The molecule has 0 fully saturated rings. The van der Waals surface area contributed by atoms with Gasteiger partial charge in [0, 0.05) is 43.1 Å². The largest absolute Gasteiger partial charge is 0.455 e. The lowest BCUT2D eigenvalue weighted by Crippen LogP contribution is -1.95.